The number of aromatic nitrogens is 4. The molecule has 1 fully saturated rings. The van der Waals surface area contributed by atoms with E-state index in [0.29, 0.717) is 5.92 Å². The van der Waals surface area contributed by atoms with Crippen LogP contribution in [0.25, 0.3) is 0 Å². The first-order valence-corrected chi connectivity index (χ1v) is 8.73. The summed E-state index contributed by atoms with van der Waals surface area (Å²) in [5.41, 5.74) is 1.09. The van der Waals surface area contributed by atoms with Crippen LogP contribution in [0.15, 0.2) is 12.4 Å². The molecule has 1 atom stereocenters. The van der Waals surface area contributed by atoms with Gasteiger partial charge in [0.05, 0.1) is 18.1 Å². The van der Waals surface area contributed by atoms with E-state index in [1.54, 1.807) is 17.5 Å². The minimum Gasteiger partial charge on any atom is -0.313 e. The number of anilines is 2. The number of rotatable bonds is 5. The average Bonchev–Trinajstić information content (AvgIpc) is 3.03. The standard InChI is InChI=1S/C15H22N6S/c1-3-14-19-20-15(22-14)18-13-9-16-12(8-17-13)11-6-5-7-21(4-2)10-11/h8-9,11H,3-7,10H2,1-2H3,(H,17,18,20). The molecular weight excluding hydrogens is 296 g/mol. The highest BCUT2D eigenvalue weighted by Crippen LogP contribution is 2.26. The quantitative estimate of drug-likeness (QED) is 0.914. The lowest BCUT2D eigenvalue weighted by Crippen LogP contribution is -2.34. The topological polar surface area (TPSA) is 66.8 Å². The summed E-state index contributed by atoms with van der Waals surface area (Å²) in [4.78, 5) is 11.6. The lowest BCUT2D eigenvalue weighted by Gasteiger charge is -2.31. The van der Waals surface area contributed by atoms with Crippen molar-refractivity contribution in [1.82, 2.24) is 25.1 Å². The van der Waals surface area contributed by atoms with Crippen LogP contribution in [0, 0.1) is 0 Å². The van der Waals surface area contributed by atoms with Crippen molar-refractivity contribution in [2.45, 2.75) is 39.0 Å². The molecular formula is C15H22N6S. The van der Waals surface area contributed by atoms with Gasteiger partial charge in [-0.15, -0.1) is 10.2 Å². The Bertz CT molecular complexity index is 596. The number of likely N-dealkylation sites (N-methyl/N-ethyl adjacent to an activating group) is 1. The second-order valence-electron chi connectivity index (χ2n) is 5.54. The lowest BCUT2D eigenvalue weighted by molar-refractivity contribution is 0.216. The van der Waals surface area contributed by atoms with E-state index in [9.17, 15) is 0 Å². The fourth-order valence-electron chi connectivity index (χ4n) is 2.75. The number of hydrogen-bond acceptors (Lipinski definition) is 7. The SMILES string of the molecule is CCc1nnc(Nc2cnc(C3CCCN(CC)C3)cn2)s1. The largest absolute Gasteiger partial charge is 0.313 e. The monoisotopic (exact) mass is 318 g/mol. The molecule has 0 bridgehead atoms. The molecule has 1 aliphatic heterocycles. The summed E-state index contributed by atoms with van der Waals surface area (Å²) >= 11 is 1.56. The molecule has 0 saturated carbocycles. The molecule has 0 radical (unpaired) electrons. The molecule has 2 aromatic rings. The Morgan fingerprint density at radius 3 is 2.86 bits per heavy atom. The second kappa shape index (κ2) is 7.11. The van der Waals surface area contributed by atoms with Gasteiger partial charge in [0.15, 0.2) is 5.82 Å². The normalized spacial score (nSPS) is 19.3. The van der Waals surface area contributed by atoms with Gasteiger partial charge in [-0.1, -0.05) is 25.2 Å². The Hall–Kier alpha value is -1.60. The maximum absolute atomic E-state index is 4.60. The van der Waals surface area contributed by atoms with Crippen LogP contribution in [-0.4, -0.2) is 44.7 Å². The maximum Gasteiger partial charge on any atom is 0.211 e. The minimum absolute atomic E-state index is 0.503. The van der Waals surface area contributed by atoms with Gasteiger partial charge in [0, 0.05) is 12.5 Å². The van der Waals surface area contributed by atoms with Crippen molar-refractivity contribution in [3.63, 3.8) is 0 Å². The first-order chi connectivity index (χ1) is 10.8. The number of aryl methyl sites for hydroxylation is 1. The van der Waals surface area contributed by atoms with E-state index >= 15 is 0 Å². The van der Waals surface area contributed by atoms with Gasteiger partial charge < -0.3 is 10.2 Å². The zero-order valence-electron chi connectivity index (χ0n) is 13.1. The third-order valence-electron chi connectivity index (χ3n) is 4.05. The highest BCUT2D eigenvalue weighted by atomic mass is 32.1. The Kier molecular flexibility index (Phi) is 4.94. The fraction of sp³-hybridized carbons (Fsp3) is 0.600. The zero-order chi connectivity index (χ0) is 15.4. The number of piperidine rings is 1. The molecule has 3 rings (SSSR count). The van der Waals surface area contributed by atoms with E-state index in [-0.39, 0.29) is 0 Å². The number of nitrogens with one attached hydrogen (secondary N) is 1. The molecule has 1 aliphatic rings. The van der Waals surface area contributed by atoms with Crippen LogP contribution < -0.4 is 5.32 Å². The van der Waals surface area contributed by atoms with Crippen molar-refractivity contribution >= 4 is 22.3 Å². The van der Waals surface area contributed by atoms with E-state index in [1.807, 2.05) is 6.20 Å². The number of nitrogens with zero attached hydrogens (tertiary/aromatic N) is 5. The minimum atomic E-state index is 0.503. The fourth-order valence-corrected chi connectivity index (χ4v) is 3.44. The van der Waals surface area contributed by atoms with Crippen LogP contribution in [0.2, 0.25) is 0 Å². The van der Waals surface area contributed by atoms with Gasteiger partial charge >= 0.3 is 0 Å². The molecule has 1 N–H and O–H groups in total. The van der Waals surface area contributed by atoms with Crippen molar-refractivity contribution in [1.29, 1.82) is 0 Å². The highest BCUT2D eigenvalue weighted by molar-refractivity contribution is 7.15. The summed E-state index contributed by atoms with van der Waals surface area (Å²) in [6.45, 7) is 7.70. The van der Waals surface area contributed by atoms with Gasteiger partial charge in [0.25, 0.3) is 0 Å². The molecule has 6 nitrogen and oxygen atoms in total. The van der Waals surface area contributed by atoms with E-state index < -0.39 is 0 Å². The molecule has 7 heteroatoms. The Morgan fingerprint density at radius 1 is 1.27 bits per heavy atom. The Balaban J connectivity index is 1.64. The summed E-state index contributed by atoms with van der Waals surface area (Å²) < 4.78 is 0. The van der Waals surface area contributed by atoms with Gasteiger partial charge in [0.1, 0.15) is 5.01 Å². The Labute approximate surface area is 135 Å². The summed E-state index contributed by atoms with van der Waals surface area (Å²) in [5.74, 6) is 1.23. The van der Waals surface area contributed by atoms with Crippen molar-refractivity contribution in [3.05, 3.63) is 23.1 Å². The van der Waals surface area contributed by atoms with Crippen LogP contribution in [0.3, 0.4) is 0 Å². The molecule has 118 valence electrons. The molecule has 0 amide bonds. The predicted octanol–water partition coefficient (Wildman–Crippen LogP) is 2.83. The van der Waals surface area contributed by atoms with Crippen molar-refractivity contribution in [3.8, 4) is 0 Å². The smallest absolute Gasteiger partial charge is 0.211 e. The van der Waals surface area contributed by atoms with E-state index in [1.165, 1.54) is 19.4 Å². The molecule has 2 aromatic heterocycles. The van der Waals surface area contributed by atoms with Crippen LogP contribution in [0.4, 0.5) is 10.9 Å². The molecule has 3 heterocycles. The van der Waals surface area contributed by atoms with Crippen LogP contribution in [-0.2, 0) is 6.42 Å². The van der Waals surface area contributed by atoms with E-state index in [2.05, 4.69) is 44.2 Å². The molecule has 0 aromatic carbocycles. The number of likely N-dealkylation sites (tertiary alicyclic amines) is 1. The summed E-state index contributed by atoms with van der Waals surface area (Å²) in [6.07, 6.45) is 7.04. The third kappa shape index (κ3) is 3.59. The van der Waals surface area contributed by atoms with Crippen molar-refractivity contribution in [2.75, 3.05) is 25.0 Å². The Morgan fingerprint density at radius 2 is 2.18 bits per heavy atom. The van der Waals surface area contributed by atoms with E-state index in [0.717, 1.165) is 41.2 Å². The summed E-state index contributed by atoms with van der Waals surface area (Å²) in [6, 6.07) is 0. The average molecular weight is 318 g/mol. The first-order valence-electron chi connectivity index (χ1n) is 7.92. The van der Waals surface area contributed by atoms with Crippen LogP contribution in [0.5, 0.6) is 0 Å². The maximum atomic E-state index is 4.60. The lowest BCUT2D eigenvalue weighted by atomic mass is 9.95. The molecule has 0 spiro atoms. The molecule has 0 aliphatic carbocycles. The van der Waals surface area contributed by atoms with E-state index in [4.69, 9.17) is 0 Å². The summed E-state index contributed by atoms with van der Waals surface area (Å²) in [7, 11) is 0. The highest BCUT2D eigenvalue weighted by Gasteiger charge is 2.21. The first kappa shape index (κ1) is 15.3. The molecule has 22 heavy (non-hydrogen) atoms. The molecule has 1 saturated heterocycles. The predicted molar refractivity (Wildman–Crippen MR) is 88.7 cm³/mol. The van der Waals surface area contributed by atoms with Crippen molar-refractivity contribution in [2.24, 2.45) is 0 Å². The number of hydrogen-bond donors (Lipinski definition) is 1. The third-order valence-corrected chi connectivity index (χ3v) is 5.03. The van der Waals surface area contributed by atoms with Gasteiger partial charge in [0.2, 0.25) is 5.13 Å². The van der Waals surface area contributed by atoms with Crippen LogP contribution >= 0.6 is 11.3 Å². The van der Waals surface area contributed by atoms with Gasteiger partial charge in [-0.2, -0.15) is 0 Å². The zero-order valence-corrected chi connectivity index (χ0v) is 13.9. The molecule has 1 unspecified atom stereocenters. The second-order valence-corrected chi connectivity index (χ2v) is 6.60. The van der Waals surface area contributed by atoms with Crippen molar-refractivity contribution < 1.29 is 0 Å². The van der Waals surface area contributed by atoms with Gasteiger partial charge in [-0.25, -0.2) is 4.98 Å². The van der Waals surface area contributed by atoms with Gasteiger partial charge in [-0.05, 0) is 32.4 Å². The van der Waals surface area contributed by atoms with Crippen LogP contribution in [0.1, 0.15) is 43.3 Å². The van der Waals surface area contributed by atoms with Gasteiger partial charge in [-0.3, -0.25) is 4.98 Å². The summed E-state index contributed by atoms with van der Waals surface area (Å²) in [5, 5.41) is 13.2.